The van der Waals surface area contributed by atoms with Crippen molar-refractivity contribution >= 4 is 5.91 Å². The van der Waals surface area contributed by atoms with Crippen molar-refractivity contribution < 1.29 is 18.3 Å². The molecule has 0 spiro atoms. The highest BCUT2D eigenvalue weighted by atomic mass is 19.1. The third-order valence-electron chi connectivity index (χ3n) is 2.94. The fraction of sp³-hybridized carbons (Fsp3) is 0.462. The van der Waals surface area contributed by atoms with Crippen molar-refractivity contribution in [3.05, 3.63) is 35.4 Å². The van der Waals surface area contributed by atoms with Crippen molar-refractivity contribution in [2.24, 2.45) is 0 Å². The lowest BCUT2D eigenvalue weighted by Gasteiger charge is -2.23. The lowest BCUT2D eigenvalue weighted by molar-refractivity contribution is -0.120. The average Bonchev–Trinajstić information content (AvgIpc) is 2.42. The van der Waals surface area contributed by atoms with Gasteiger partial charge in [0.15, 0.2) is 0 Å². The van der Waals surface area contributed by atoms with E-state index in [0.29, 0.717) is 19.8 Å². The van der Waals surface area contributed by atoms with E-state index in [1.807, 2.05) is 0 Å². The van der Waals surface area contributed by atoms with E-state index in [9.17, 15) is 13.6 Å². The Morgan fingerprint density at radius 3 is 2.79 bits per heavy atom. The van der Waals surface area contributed by atoms with Gasteiger partial charge in [-0.25, -0.2) is 8.78 Å². The Hall–Kier alpha value is -1.53. The first-order chi connectivity index (χ1) is 9.16. The number of morpholine rings is 1. The maximum absolute atomic E-state index is 13.4. The minimum atomic E-state index is -0.700. The second-order valence-electron chi connectivity index (χ2n) is 4.41. The van der Waals surface area contributed by atoms with Crippen LogP contribution in [0.1, 0.15) is 5.56 Å². The van der Waals surface area contributed by atoms with Crippen molar-refractivity contribution in [3.63, 3.8) is 0 Å². The summed E-state index contributed by atoms with van der Waals surface area (Å²) in [5, 5.41) is 5.81. The molecule has 1 unspecified atom stereocenters. The number of carbonyl (C=O) groups excluding carboxylic acids is 1. The summed E-state index contributed by atoms with van der Waals surface area (Å²) in [6, 6.07) is 3.60. The Kier molecular flexibility index (Phi) is 4.81. The van der Waals surface area contributed by atoms with E-state index in [2.05, 4.69) is 10.6 Å². The lowest BCUT2D eigenvalue weighted by atomic mass is 10.1. The number of benzene rings is 1. The number of hydrogen-bond acceptors (Lipinski definition) is 3. The molecule has 1 aliphatic rings. The molecule has 2 rings (SSSR count). The van der Waals surface area contributed by atoms with E-state index >= 15 is 0 Å². The zero-order chi connectivity index (χ0) is 13.7. The van der Waals surface area contributed by atoms with Gasteiger partial charge in [-0.2, -0.15) is 0 Å². The Morgan fingerprint density at radius 2 is 2.16 bits per heavy atom. The number of rotatable bonds is 4. The van der Waals surface area contributed by atoms with Gasteiger partial charge in [-0.3, -0.25) is 4.79 Å². The molecule has 1 atom stereocenters. The molecular weight excluding hydrogens is 254 g/mol. The van der Waals surface area contributed by atoms with Crippen LogP contribution >= 0.6 is 0 Å². The number of amides is 1. The summed E-state index contributed by atoms with van der Waals surface area (Å²) in [7, 11) is 0. The molecule has 1 fully saturated rings. The van der Waals surface area contributed by atoms with E-state index < -0.39 is 17.5 Å². The molecule has 0 bridgehead atoms. The highest BCUT2D eigenvalue weighted by Gasteiger charge is 2.16. The molecule has 4 nitrogen and oxygen atoms in total. The first-order valence-electron chi connectivity index (χ1n) is 6.17. The van der Waals surface area contributed by atoms with Crippen LogP contribution in [0.2, 0.25) is 0 Å². The molecule has 1 aliphatic heterocycles. The van der Waals surface area contributed by atoms with Crippen LogP contribution < -0.4 is 10.6 Å². The zero-order valence-electron chi connectivity index (χ0n) is 10.4. The summed E-state index contributed by atoms with van der Waals surface area (Å²) in [5.74, 6) is -1.81. The van der Waals surface area contributed by atoms with Crippen molar-refractivity contribution in [2.45, 2.75) is 12.5 Å². The molecule has 1 heterocycles. The van der Waals surface area contributed by atoms with Gasteiger partial charge >= 0.3 is 0 Å². The molecule has 104 valence electrons. The van der Waals surface area contributed by atoms with Crippen molar-refractivity contribution in [2.75, 3.05) is 26.3 Å². The Balaban J connectivity index is 1.83. The van der Waals surface area contributed by atoms with Crippen LogP contribution in [0.25, 0.3) is 0 Å². The molecule has 1 aromatic rings. The van der Waals surface area contributed by atoms with Crippen LogP contribution in [0, 0.1) is 11.6 Å². The molecule has 1 amide bonds. The summed E-state index contributed by atoms with van der Waals surface area (Å²) in [6.45, 7) is 2.30. The van der Waals surface area contributed by atoms with E-state index in [1.54, 1.807) is 0 Å². The van der Waals surface area contributed by atoms with Gasteiger partial charge in [0.2, 0.25) is 5.91 Å². The molecule has 1 aromatic carbocycles. The van der Waals surface area contributed by atoms with Crippen LogP contribution in [0.3, 0.4) is 0 Å². The smallest absolute Gasteiger partial charge is 0.224 e. The van der Waals surface area contributed by atoms with Crippen molar-refractivity contribution in [3.8, 4) is 0 Å². The van der Waals surface area contributed by atoms with Gasteiger partial charge in [0, 0.05) is 24.7 Å². The van der Waals surface area contributed by atoms with Crippen LogP contribution in [0.4, 0.5) is 8.78 Å². The lowest BCUT2D eigenvalue weighted by Crippen LogP contribution is -2.48. The van der Waals surface area contributed by atoms with Gasteiger partial charge in [-0.05, 0) is 12.1 Å². The number of halogens is 2. The van der Waals surface area contributed by atoms with Crippen molar-refractivity contribution in [1.29, 1.82) is 0 Å². The third kappa shape index (κ3) is 3.97. The highest BCUT2D eigenvalue weighted by Crippen LogP contribution is 2.12. The first kappa shape index (κ1) is 13.9. The molecule has 0 saturated carbocycles. The standard InChI is InChI=1S/C13H16F2N2O2/c14-11-2-1-3-12(15)10(11)6-13(18)17-7-9-8-19-5-4-16-9/h1-3,9,16H,4-8H2,(H,17,18). The van der Waals surface area contributed by atoms with E-state index in [1.165, 1.54) is 6.07 Å². The Bertz CT molecular complexity index is 428. The SMILES string of the molecule is O=C(Cc1c(F)cccc1F)NCC1COCCN1. The van der Waals surface area contributed by atoms with Crippen molar-refractivity contribution in [1.82, 2.24) is 10.6 Å². The topological polar surface area (TPSA) is 50.4 Å². The molecular formula is C13H16F2N2O2. The molecule has 1 saturated heterocycles. The number of hydrogen-bond donors (Lipinski definition) is 2. The number of carbonyl (C=O) groups is 1. The fourth-order valence-electron chi connectivity index (χ4n) is 1.91. The van der Waals surface area contributed by atoms with Gasteiger partial charge < -0.3 is 15.4 Å². The van der Waals surface area contributed by atoms with Gasteiger partial charge in [-0.1, -0.05) is 6.07 Å². The van der Waals surface area contributed by atoms with E-state index in [-0.39, 0.29) is 18.0 Å². The second-order valence-corrected chi connectivity index (χ2v) is 4.41. The average molecular weight is 270 g/mol. The summed E-state index contributed by atoms with van der Waals surface area (Å²) >= 11 is 0. The molecule has 6 heteroatoms. The zero-order valence-corrected chi connectivity index (χ0v) is 10.4. The summed E-state index contributed by atoms with van der Waals surface area (Å²) in [4.78, 5) is 11.6. The van der Waals surface area contributed by atoms with Gasteiger partial charge in [-0.15, -0.1) is 0 Å². The first-order valence-corrected chi connectivity index (χ1v) is 6.17. The predicted octanol–water partition coefficient (Wildman–Crippen LogP) is 0.612. The molecule has 2 N–H and O–H groups in total. The highest BCUT2D eigenvalue weighted by molar-refractivity contribution is 5.78. The number of nitrogens with one attached hydrogen (secondary N) is 2. The summed E-state index contributed by atoms with van der Waals surface area (Å²) in [6.07, 6.45) is -0.300. The third-order valence-corrected chi connectivity index (χ3v) is 2.94. The quantitative estimate of drug-likeness (QED) is 0.843. The summed E-state index contributed by atoms with van der Waals surface area (Å²) in [5.41, 5.74) is -0.201. The van der Waals surface area contributed by atoms with Crippen LogP contribution in [-0.2, 0) is 16.0 Å². The molecule has 0 aliphatic carbocycles. The monoisotopic (exact) mass is 270 g/mol. The maximum Gasteiger partial charge on any atom is 0.224 e. The molecule has 0 aromatic heterocycles. The predicted molar refractivity (Wildman–Crippen MR) is 65.7 cm³/mol. The number of ether oxygens (including phenoxy) is 1. The van der Waals surface area contributed by atoms with E-state index in [0.717, 1.165) is 18.7 Å². The normalized spacial score (nSPS) is 19.2. The minimum Gasteiger partial charge on any atom is -0.378 e. The maximum atomic E-state index is 13.4. The van der Waals surface area contributed by atoms with Gasteiger partial charge in [0.25, 0.3) is 0 Å². The van der Waals surface area contributed by atoms with Gasteiger partial charge in [0.05, 0.1) is 19.6 Å². The van der Waals surface area contributed by atoms with Crippen LogP contribution in [0.15, 0.2) is 18.2 Å². The minimum absolute atomic E-state index is 0.0446. The fourth-order valence-corrected chi connectivity index (χ4v) is 1.91. The molecule has 0 radical (unpaired) electrons. The Morgan fingerprint density at radius 1 is 1.42 bits per heavy atom. The van der Waals surface area contributed by atoms with Crippen LogP contribution in [0.5, 0.6) is 0 Å². The largest absolute Gasteiger partial charge is 0.378 e. The summed E-state index contributed by atoms with van der Waals surface area (Å²) < 4.78 is 31.9. The van der Waals surface area contributed by atoms with Crippen LogP contribution in [-0.4, -0.2) is 38.3 Å². The Labute approximate surface area is 110 Å². The van der Waals surface area contributed by atoms with E-state index in [4.69, 9.17) is 4.74 Å². The van der Waals surface area contributed by atoms with Gasteiger partial charge in [0.1, 0.15) is 11.6 Å². The molecule has 19 heavy (non-hydrogen) atoms. The second kappa shape index (κ2) is 6.58.